The van der Waals surface area contributed by atoms with E-state index in [1.807, 2.05) is 30.3 Å². The zero-order valence-electron chi connectivity index (χ0n) is 14.5. The lowest BCUT2D eigenvalue weighted by Gasteiger charge is -2.02. The predicted molar refractivity (Wildman–Crippen MR) is 100.0 cm³/mol. The van der Waals surface area contributed by atoms with Gasteiger partial charge >= 0.3 is 0 Å². The highest BCUT2D eigenvalue weighted by atomic mass is 16.5. The molecular formula is C20H20N4O2. The SMILES string of the molecule is COc1cccc(-c2nnc(CNCCc3c[nH]c4ccccc34)o2)c1. The zero-order chi connectivity index (χ0) is 17.8. The van der Waals surface area contributed by atoms with E-state index in [9.17, 15) is 0 Å². The van der Waals surface area contributed by atoms with Crippen LogP contribution < -0.4 is 10.1 Å². The largest absolute Gasteiger partial charge is 0.497 e. The number of ether oxygens (including phenoxy) is 1. The molecule has 0 saturated carbocycles. The van der Waals surface area contributed by atoms with Crippen LogP contribution in [0.2, 0.25) is 0 Å². The molecule has 6 nitrogen and oxygen atoms in total. The molecule has 0 atom stereocenters. The van der Waals surface area contributed by atoms with E-state index in [1.165, 1.54) is 16.5 Å². The van der Waals surface area contributed by atoms with Crippen molar-refractivity contribution in [1.82, 2.24) is 20.5 Å². The molecule has 0 saturated heterocycles. The lowest BCUT2D eigenvalue weighted by molar-refractivity contribution is 0.414. The number of nitrogens with one attached hydrogen (secondary N) is 2. The Hall–Kier alpha value is -3.12. The predicted octanol–water partition coefficient (Wildman–Crippen LogP) is 3.56. The summed E-state index contributed by atoms with van der Waals surface area (Å²) in [5.41, 5.74) is 3.32. The third-order valence-corrected chi connectivity index (χ3v) is 4.31. The second-order valence-corrected chi connectivity index (χ2v) is 6.02. The Morgan fingerprint density at radius 3 is 2.96 bits per heavy atom. The fraction of sp³-hybridized carbons (Fsp3) is 0.200. The average Bonchev–Trinajstić information content (AvgIpc) is 3.33. The number of aromatic amines is 1. The molecule has 6 heteroatoms. The van der Waals surface area contributed by atoms with Gasteiger partial charge in [-0.05, 0) is 42.8 Å². The van der Waals surface area contributed by atoms with Gasteiger partial charge < -0.3 is 19.5 Å². The second-order valence-electron chi connectivity index (χ2n) is 6.02. The number of methoxy groups -OCH3 is 1. The number of H-pyrrole nitrogens is 1. The average molecular weight is 348 g/mol. The second kappa shape index (κ2) is 7.41. The van der Waals surface area contributed by atoms with Gasteiger partial charge in [0.15, 0.2) is 0 Å². The van der Waals surface area contributed by atoms with Crippen molar-refractivity contribution in [2.45, 2.75) is 13.0 Å². The van der Waals surface area contributed by atoms with E-state index in [-0.39, 0.29) is 0 Å². The first-order chi connectivity index (χ1) is 12.8. The van der Waals surface area contributed by atoms with Gasteiger partial charge in [-0.1, -0.05) is 24.3 Å². The normalized spacial score (nSPS) is 11.1. The van der Waals surface area contributed by atoms with Crippen LogP contribution in [0.4, 0.5) is 0 Å². The Kier molecular flexibility index (Phi) is 4.66. The number of para-hydroxylation sites is 1. The highest BCUT2D eigenvalue weighted by molar-refractivity contribution is 5.83. The zero-order valence-corrected chi connectivity index (χ0v) is 14.5. The molecule has 0 spiro atoms. The van der Waals surface area contributed by atoms with Crippen LogP contribution in [0.1, 0.15) is 11.5 Å². The Labute approximate surface area is 151 Å². The minimum absolute atomic E-state index is 0.498. The number of hydrogen-bond acceptors (Lipinski definition) is 5. The maximum absolute atomic E-state index is 5.73. The van der Waals surface area contributed by atoms with Crippen molar-refractivity contribution in [3.8, 4) is 17.2 Å². The Bertz CT molecular complexity index is 1010. The molecule has 2 heterocycles. The van der Waals surface area contributed by atoms with Crippen molar-refractivity contribution in [3.63, 3.8) is 0 Å². The number of fused-ring (bicyclic) bond motifs is 1. The van der Waals surface area contributed by atoms with E-state index in [0.29, 0.717) is 18.3 Å². The molecule has 132 valence electrons. The molecule has 4 rings (SSSR count). The molecule has 0 radical (unpaired) electrons. The highest BCUT2D eigenvalue weighted by Gasteiger charge is 2.09. The van der Waals surface area contributed by atoms with E-state index in [2.05, 4.69) is 44.9 Å². The smallest absolute Gasteiger partial charge is 0.247 e. The minimum Gasteiger partial charge on any atom is -0.497 e. The molecule has 0 aliphatic carbocycles. The van der Waals surface area contributed by atoms with Gasteiger partial charge in [-0.15, -0.1) is 10.2 Å². The summed E-state index contributed by atoms with van der Waals surface area (Å²) in [7, 11) is 1.63. The van der Waals surface area contributed by atoms with Crippen molar-refractivity contribution in [2.24, 2.45) is 0 Å². The summed E-state index contributed by atoms with van der Waals surface area (Å²) in [6.07, 6.45) is 3.00. The van der Waals surface area contributed by atoms with Gasteiger partial charge in [-0.25, -0.2) is 0 Å². The van der Waals surface area contributed by atoms with Crippen LogP contribution in [0.5, 0.6) is 5.75 Å². The first-order valence-electron chi connectivity index (χ1n) is 8.56. The molecule has 0 fully saturated rings. The molecule has 4 aromatic rings. The fourth-order valence-electron chi connectivity index (χ4n) is 2.95. The van der Waals surface area contributed by atoms with Crippen LogP contribution in [0, 0.1) is 0 Å². The van der Waals surface area contributed by atoms with Crippen LogP contribution in [0.3, 0.4) is 0 Å². The summed E-state index contributed by atoms with van der Waals surface area (Å²) in [6.45, 7) is 1.37. The standard InChI is InChI=1S/C20H20N4O2/c1-25-16-6-4-5-14(11-16)20-24-23-19(26-20)13-21-10-9-15-12-22-18-8-3-2-7-17(15)18/h2-8,11-12,21-22H,9-10,13H2,1H3. The number of aromatic nitrogens is 3. The molecule has 0 amide bonds. The lowest BCUT2D eigenvalue weighted by Crippen LogP contribution is -2.16. The van der Waals surface area contributed by atoms with Gasteiger partial charge in [0.1, 0.15) is 5.75 Å². The van der Waals surface area contributed by atoms with Gasteiger partial charge in [0, 0.05) is 22.7 Å². The van der Waals surface area contributed by atoms with E-state index < -0.39 is 0 Å². The van der Waals surface area contributed by atoms with Gasteiger partial charge in [-0.3, -0.25) is 0 Å². The third kappa shape index (κ3) is 3.45. The van der Waals surface area contributed by atoms with E-state index >= 15 is 0 Å². The first kappa shape index (κ1) is 16.4. The van der Waals surface area contributed by atoms with Gasteiger partial charge in [0.2, 0.25) is 11.8 Å². The summed E-state index contributed by atoms with van der Waals surface area (Å²) in [6, 6.07) is 15.9. The quantitative estimate of drug-likeness (QED) is 0.500. The lowest BCUT2D eigenvalue weighted by atomic mass is 10.1. The molecule has 26 heavy (non-hydrogen) atoms. The Morgan fingerprint density at radius 1 is 1.12 bits per heavy atom. The maximum Gasteiger partial charge on any atom is 0.247 e. The summed E-state index contributed by atoms with van der Waals surface area (Å²) in [5.74, 6) is 1.83. The van der Waals surface area contributed by atoms with Crippen molar-refractivity contribution in [2.75, 3.05) is 13.7 Å². The highest BCUT2D eigenvalue weighted by Crippen LogP contribution is 2.22. The monoisotopic (exact) mass is 348 g/mol. The van der Waals surface area contributed by atoms with Crippen LogP contribution in [-0.4, -0.2) is 28.8 Å². The minimum atomic E-state index is 0.498. The van der Waals surface area contributed by atoms with Crippen LogP contribution in [-0.2, 0) is 13.0 Å². The van der Waals surface area contributed by atoms with Crippen molar-refractivity contribution < 1.29 is 9.15 Å². The molecule has 2 N–H and O–H groups in total. The number of nitrogens with zero attached hydrogens (tertiary/aromatic N) is 2. The van der Waals surface area contributed by atoms with E-state index in [1.54, 1.807) is 7.11 Å². The molecule has 0 aliphatic rings. The van der Waals surface area contributed by atoms with Crippen molar-refractivity contribution >= 4 is 10.9 Å². The maximum atomic E-state index is 5.73. The summed E-state index contributed by atoms with van der Waals surface area (Å²) < 4.78 is 11.0. The Morgan fingerprint density at radius 2 is 2.04 bits per heavy atom. The fourth-order valence-corrected chi connectivity index (χ4v) is 2.95. The van der Waals surface area contributed by atoms with Crippen molar-refractivity contribution in [3.05, 3.63) is 66.2 Å². The molecule has 2 aromatic carbocycles. The van der Waals surface area contributed by atoms with Gasteiger partial charge in [0.05, 0.1) is 13.7 Å². The first-order valence-corrected chi connectivity index (χ1v) is 8.56. The molecule has 0 bridgehead atoms. The van der Waals surface area contributed by atoms with Crippen molar-refractivity contribution in [1.29, 1.82) is 0 Å². The van der Waals surface area contributed by atoms with Gasteiger partial charge in [-0.2, -0.15) is 0 Å². The van der Waals surface area contributed by atoms with Gasteiger partial charge in [0.25, 0.3) is 0 Å². The summed E-state index contributed by atoms with van der Waals surface area (Å²) in [5, 5.41) is 12.8. The Balaban J connectivity index is 1.33. The van der Waals surface area contributed by atoms with Crippen LogP contribution in [0.15, 0.2) is 59.1 Å². The number of hydrogen-bond donors (Lipinski definition) is 2. The third-order valence-electron chi connectivity index (χ3n) is 4.31. The molecular weight excluding hydrogens is 328 g/mol. The van der Waals surface area contributed by atoms with E-state index in [0.717, 1.165) is 24.3 Å². The number of rotatable bonds is 7. The topological polar surface area (TPSA) is 76.0 Å². The molecule has 0 aliphatic heterocycles. The summed E-state index contributed by atoms with van der Waals surface area (Å²) in [4.78, 5) is 3.30. The summed E-state index contributed by atoms with van der Waals surface area (Å²) >= 11 is 0. The molecule has 0 unspecified atom stereocenters. The number of benzene rings is 2. The molecule has 2 aromatic heterocycles. The van der Waals surface area contributed by atoms with Crippen LogP contribution >= 0.6 is 0 Å². The van der Waals surface area contributed by atoms with Crippen LogP contribution in [0.25, 0.3) is 22.4 Å². The van der Waals surface area contributed by atoms with E-state index in [4.69, 9.17) is 9.15 Å².